The van der Waals surface area contributed by atoms with Crippen LogP contribution in [0.15, 0.2) is 18.2 Å². The number of carboxylic acid groups (broad SMARTS) is 1. The van der Waals surface area contributed by atoms with Gasteiger partial charge in [-0.05, 0) is 17.7 Å². The lowest BCUT2D eigenvalue weighted by Gasteiger charge is -2.05. The molecule has 0 fully saturated rings. The molecule has 1 N–H and O–H groups in total. The van der Waals surface area contributed by atoms with E-state index in [9.17, 15) is 4.79 Å². The van der Waals surface area contributed by atoms with Crippen LogP contribution in [0.3, 0.4) is 0 Å². The first-order valence-corrected chi connectivity index (χ1v) is 5.54. The summed E-state index contributed by atoms with van der Waals surface area (Å²) in [6.07, 6.45) is 0. The van der Waals surface area contributed by atoms with E-state index in [1.165, 1.54) is 12.1 Å². The summed E-state index contributed by atoms with van der Waals surface area (Å²) in [5, 5.41) is 9.09. The van der Waals surface area contributed by atoms with Crippen molar-refractivity contribution >= 4 is 49.4 Å². The molecule has 0 bridgehead atoms. The average Bonchev–Trinajstić information content (AvgIpc) is 2.03. The molecule has 0 radical (unpaired) electrons. The second kappa shape index (κ2) is 4.44. The number of carboxylic acids is 1. The third-order valence-electron chi connectivity index (χ3n) is 1.48. The number of alkyl halides is 2. The van der Waals surface area contributed by atoms with Crippen LogP contribution in [-0.2, 0) is 0 Å². The van der Waals surface area contributed by atoms with Crippen molar-refractivity contribution in [3.8, 4) is 0 Å². The normalized spacial score (nSPS) is 10.5. The lowest BCUT2D eigenvalue weighted by molar-refractivity contribution is 0.0697. The summed E-state index contributed by atoms with van der Waals surface area (Å²) in [5.74, 6) is -0.978. The highest BCUT2D eigenvalue weighted by Crippen LogP contribution is 2.34. The number of hydrogen-bond donors (Lipinski definition) is 1. The Morgan fingerprint density at radius 3 is 2.46 bits per heavy atom. The summed E-state index contributed by atoms with van der Waals surface area (Å²) in [6, 6.07) is 4.60. The minimum absolute atomic E-state index is 0.0599. The van der Waals surface area contributed by atoms with E-state index in [2.05, 4.69) is 31.9 Å². The summed E-state index contributed by atoms with van der Waals surface area (Å²) in [7, 11) is 0. The standard InChI is InChI=1S/C8H5Br2ClO2/c9-7(10)5-2-1-4(8(12)13)3-6(5)11/h1-3,7H,(H,12,13). The molecule has 0 unspecified atom stereocenters. The van der Waals surface area contributed by atoms with Gasteiger partial charge in [0.2, 0.25) is 0 Å². The molecule has 0 aliphatic rings. The molecule has 0 spiro atoms. The van der Waals surface area contributed by atoms with Crippen LogP contribution in [0.1, 0.15) is 19.7 Å². The third kappa shape index (κ3) is 2.69. The van der Waals surface area contributed by atoms with Crippen molar-refractivity contribution in [2.75, 3.05) is 0 Å². The number of rotatable bonds is 2. The van der Waals surface area contributed by atoms with E-state index in [1.807, 2.05) is 0 Å². The van der Waals surface area contributed by atoms with E-state index in [4.69, 9.17) is 16.7 Å². The summed E-state index contributed by atoms with van der Waals surface area (Å²) in [4.78, 5) is 10.6. The molecule has 1 aromatic rings. The van der Waals surface area contributed by atoms with Gasteiger partial charge < -0.3 is 5.11 Å². The zero-order valence-corrected chi connectivity index (χ0v) is 10.2. The summed E-state index contributed by atoms with van der Waals surface area (Å²) in [5.41, 5.74) is 1.00. The van der Waals surface area contributed by atoms with Gasteiger partial charge in [0.05, 0.1) is 9.30 Å². The first kappa shape index (κ1) is 11.0. The van der Waals surface area contributed by atoms with Crippen molar-refractivity contribution in [3.05, 3.63) is 34.3 Å². The van der Waals surface area contributed by atoms with Gasteiger partial charge in [0.25, 0.3) is 0 Å². The van der Waals surface area contributed by atoms with E-state index < -0.39 is 5.97 Å². The Kier molecular flexibility index (Phi) is 3.76. The topological polar surface area (TPSA) is 37.3 Å². The van der Waals surface area contributed by atoms with Crippen LogP contribution in [-0.4, -0.2) is 11.1 Å². The quantitative estimate of drug-likeness (QED) is 0.838. The zero-order valence-electron chi connectivity index (χ0n) is 6.30. The molecule has 2 nitrogen and oxygen atoms in total. The number of hydrogen-bond acceptors (Lipinski definition) is 1. The summed E-state index contributed by atoms with van der Waals surface area (Å²) < 4.78 is -0.0599. The Bertz CT molecular complexity index is 339. The monoisotopic (exact) mass is 326 g/mol. The molecule has 0 aliphatic heterocycles. The van der Waals surface area contributed by atoms with Crippen LogP contribution < -0.4 is 0 Å². The van der Waals surface area contributed by atoms with E-state index >= 15 is 0 Å². The van der Waals surface area contributed by atoms with Gasteiger partial charge in [-0.2, -0.15) is 0 Å². The van der Waals surface area contributed by atoms with Crippen LogP contribution in [0, 0.1) is 0 Å². The van der Waals surface area contributed by atoms with Gasteiger partial charge in [0.15, 0.2) is 0 Å². The molecule has 0 saturated carbocycles. The molecule has 70 valence electrons. The highest BCUT2D eigenvalue weighted by molar-refractivity contribution is 9.24. The highest BCUT2D eigenvalue weighted by Gasteiger charge is 2.10. The molecule has 0 aromatic heterocycles. The predicted octanol–water partition coefficient (Wildman–Crippen LogP) is 3.83. The predicted molar refractivity (Wildman–Crippen MR) is 59.0 cm³/mol. The second-order valence-corrected chi connectivity index (χ2v) is 5.81. The minimum Gasteiger partial charge on any atom is -0.478 e. The molecule has 1 rings (SSSR count). The lowest BCUT2D eigenvalue weighted by Crippen LogP contribution is -1.96. The van der Waals surface area contributed by atoms with E-state index in [-0.39, 0.29) is 9.30 Å². The SMILES string of the molecule is O=C(O)c1ccc(C(Br)Br)c(Cl)c1. The van der Waals surface area contributed by atoms with Crippen LogP contribution in [0.4, 0.5) is 0 Å². The van der Waals surface area contributed by atoms with Crippen LogP contribution in [0.5, 0.6) is 0 Å². The molecule has 5 heteroatoms. The Morgan fingerprint density at radius 1 is 1.46 bits per heavy atom. The number of halogens is 3. The van der Waals surface area contributed by atoms with Crippen molar-refractivity contribution in [1.29, 1.82) is 0 Å². The second-order valence-electron chi connectivity index (χ2n) is 2.34. The van der Waals surface area contributed by atoms with Crippen molar-refractivity contribution in [3.63, 3.8) is 0 Å². The van der Waals surface area contributed by atoms with E-state index in [1.54, 1.807) is 6.07 Å². The van der Waals surface area contributed by atoms with E-state index in [0.717, 1.165) is 5.56 Å². The van der Waals surface area contributed by atoms with Crippen molar-refractivity contribution in [1.82, 2.24) is 0 Å². The molecule has 0 amide bonds. The Hall–Kier alpha value is -0.0600. The fourth-order valence-electron chi connectivity index (χ4n) is 0.837. The van der Waals surface area contributed by atoms with Crippen LogP contribution in [0.2, 0.25) is 5.02 Å². The van der Waals surface area contributed by atoms with Gasteiger partial charge in [-0.25, -0.2) is 4.79 Å². The zero-order chi connectivity index (χ0) is 10.0. The maximum Gasteiger partial charge on any atom is 0.335 e. The molecular formula is C8H5Br2ClO2. The molecule has 0 aliphatic carbocycles. The first-order valence-electron chi connectivity index (χ1n) is 3.33. The molecule has 1 aromatic carbocycles. The van der Waals surface area contributed by atoms with Crippen molar-refractivity contribution in [2.24, 2.45) is 0 Å². The lowest BCUT2D eigenvalue weighted by atomic mass is 10.1. The van der Waals surface area contributed by atoms with Crippen molar-refractivity contribution in [2.45, 2.75) is 3.74 Å². The van der Waals surface area contributed by atoms with Gasteiger partial charge >= 0.3 is 5.97 Å². The highest BCUT2D eigenvalue weighted by atomic mass is 79.9. The number of aromatic carboxylic acids is 1. The minimum atomic E-state index is -0.978. The summed E-state index contributed by atoms with van der Waals surface area (Å²) in [6.45, 7) is 0. The Labute approximate surface area is 97.2 Å². The van der Waals surface area contributed by atoms with Crippen molar-refractivity contribution < 1.29 is 9.90 Å². The van der Waals surface area contributed by atoms with Gasteiger partial charge in [-0.15, -0.1) is 0 Å². The fourth-order valence-corrected chi connectivity index (χ4v) is 2.19. The maximum absolute atomic E-state index is 10.6. The molecular weight excluding hydrogens is 323 g/mol. The molecule has 0 saturated heterocycles. The Balaban J connectivity index is 3.13. The fraction of sp³-hybridized carbons (Fsp3) is 0.125. The Morgan fingerprint density at radius 2 is 2.08 bits per heavy atom. The smallest absolute Gasteiger partial charge is 0.335 e. The molecule has 13 heavy (non-hydrogen) atoms. The summed E-state index contributed by atoms with van der Waals surface area (Å²) >= 11 is 12.4. The molecule has 0 heterocycles. The van der Waals surface area contributed by atoms with Gasteiger partial charge in [0.1, 0.15) is 0 Å². The average molecular weight is 328 g/mol. The number of benzene rings is 1. The van der Waals surface area contributed by atoms with Gasteiger partial charge in [-0.3, -0.25) is 0 Å². The van der Waals surface area contributed by atoms with Crippen LogP contribution in [0.25, 0.3) is 0 Å². The largest absolute Gasteiger partial charge is 0.478 e. The van der Waals surface area contributed by atoms with Crippen LogP contribution >= 0.6 is 43.5 Å². The number of carbonyl (C=O) groups is 1. The maximum atomic E-state index is 10.6. The first-order chi connectivity index (χ1) is 6.02. The van der Waals surface area contributed by atoms with E-state index in [0.29, 0.717) is 5.02 Å². The van der Waals surface area contributed by atoms with Gasteiger partial charge in [-0.1, -0.05) is 49.5 Å². The molecule has 0 atom stereocenters. The van der Waals surface area contributed by atoms with Gasteiger partial charge in [0, 0.05) is 5.02 Å². The third-order valence-corrected chi connectivity index (χ3v) is 2.80.